The first-order chi connectivity index (χ1) is 13.5. The molecule has 140 valence electrons. The average molecular weight is 438 g/mol. The first-order valence-electron chi connectivity index (χ1n) is 8.35. The van der Waals surface area contributed by atoms with E-state index < -0.39 is 11.8 Å². The lowest BCUT2D eigenvalue weighted by Gasteiger charge is -2.09. The maximum Gasteiger partial charge on any atom is 0.269 e. The topological polar surface area (TPSA) is 87.3 Å². The molecule has 3 rings (SSSR count). The molecule has 0 fully saturated rings. The second kappa shape index (κ2) is 8.96. The minimum Gasteiger partial charge on any atom is -0.322 e. The normalized spacial score (nSPS) is 10.0. The standard InChI is InChI=1S/C21H16BrN3O3/c22-17-10-6-15(7-11-17)20(27)24-25-21(28)16-8-12-18(13-9-16)23-19(26)14-4-2-1-3-5-14/h1-13H,(H,23,26)(H,24,27)(H,25,28). The van der Waals surface area contributed by atoms with Gasteiger partial charge in [-0.05, 0) is 60.7 Å². The Bertz CT molecular complexity index is 988. The molecule has 3 aromatic carbocycles. The second-order valence-electron chi connectivity index (χ2n) is 5.81. The molecule has 28 heavy (non-hydrogen) atoms. The SMILES string of the molecule is O=C(NNC(=O)c1ccc(NC(=O)c2ccccc2)cc1)c1ccc(Br)cc1. The smallest absolute Gasteiger partial charge is 0.269 e. The van der Waals surface area contributed by atoms with Crippen LogP contribution in [-0.4, -0.2) is 17.7 Å². The molecular formula is C21H16BrN3O3. The van der Waals surface area contributed by atoms with E-state index >= 15 is 0 Å². The van der Waals surface area contributed by atoms with Crippen LogP contribution >= 0.6 is 15.9 Å². The maximum absolute atomic E-state index is 12.2. The maximum atomic E-state index is 12.2. The summed E-state index contributed by atoms with van der Waals surface area (Å²) in [7, 11) is 0. The molecule has 6 nitrogen and oxygen atoms in total. The summed E-state index contributed by atoms with van der Waals surface area (Å²) in [5, 5.41) is 2.76. The molecule has 3 amide bonds. The first kappa shape index (κ1) is 19.3. The summed E-state index contributed by atoms with van der Waals surface area (Å²) in [4.78, 5) is 36.3. The molecule has 0 saturated carbocycles. The Labute approximate surface area is 170 Å². The number of hydrogen-bond acceptors (Lipinski definition) is 3. The number of carbonyl (C=O) groups is 3. The van der Waals surface area contributed by atoms with Crippen molar-refractivity contribution in [3.8, 4) is 0 Å². The molecule has 0 saturated heterocycles. The molecule has 0 aliphatic carbocycles. The zero-order valence-corrected chi connectivity index (χ0v) is 16.2. The van der Waals surface area contributed by atoms with E-state index in [2.05, 4.69) is 32.1 Å². The van der Waals surface area contributed by atoms with Gasteiger partial charge in [0.15, 0.2) is 0 Å². The number of benzene rings is 3. The molecule has 0 aliphatic rings. The summed E-state index contributed by atoms with van der Waals surface area (Å²) < 4.78 is 0.854. The van der Waals surface area contributed by atoms with Crippen LogP contribution in [0.3, 0.4) is 0 Å². The minimum absolute atomic E-state index is 0.237. The molecule has 0 atom stereocenters. The lowest BCUT2D eigenvalue weighted by Crippen LogP contribution is -2.41. The highest BCUT2D eigenvalue weighted by molar-refractivity contribution is 9.10. The molecule has 0 aliphatic heterocycles. The van der Waals surface area contributed by atoms with E-state index in [0.717, 1.165) is 4.47 Å². The molecule has 0 spiro atoms. The highest BCUT2D eigenvalue weighted by atomic mass is 79.9. The zero-order valence-electron chi connectivity index (χ0n) is 14.6. The molecule has 0 radical (unpaired) electrons. The van der Waals surface area contributed by atoms with Crippen LogP contribution in [0.25, 0.3) is 0 Å². The summed E-state index contributed by atoms with van der Waals surface area (Å²) in [5.41, 5.74) is 6.58. The second-order valence-corrected chi connectivity index (χ2v) is 6.73. The van der Waals surface area contributed by atoms with E-state index in [0.29, 0.717) is 22.4 Å². The minimum atomic E-state index is -0.466. The zero-order chi connectivity index (χ0) is 19.9. The number of amides is 3. The van der Waals surface area contributed by atoms with E-state index in [-0.39, 0.29) is 5.91 Å². The van der Waals surface area contributed by atoms with Crippen molar-refractivity contribution >= 4 is 39.3 Å². The molecule has 0 unspecified atom stereocenters. The Balaban J connectivity index is 1.55. The van der Waals surface area contributed by atoms with Crippen LogP contribution in [0.2, 0.25) is 0 Å². The highest BCUT2D eigenvalue weighted by Crippen LogP contribution is 2.12. The van der Waals surface area contributed by atoms with Gasteiger partial charge in [-0.1, -0.05) is 34.1 Å². The highest BCUT2D eigenvalue weighted by Gasteiger charge is 2.10. The number of hydrogen-bond donors (Lipinski definition) is 3. The van der Waals surface area contributed by atoms with Crippen molar-refractivity contribution in [1.82, 2.24) is 10.9 Å². The molecule has 3 N–H and O–H groups in total. The van der Waals surface area contributed by atoms with Crippen molar-refractivity contribution in [3.63, 3.8) is 0 Å². The fraction of sp³-hybridized carbons (Fsp3) is 0. The number of carbonyl (C=O) groups excluding carboxylic acids is 3. The largest absolute Gasteiger partial charge is 0.322 e. The number of anilines is 1. The van der Waals surface area contributed by atoms with Crippen LogP contribution in [0, 0.1) is 0 Å². The Morgan fingerprint density at radius 2 is 1.04 bits per heavy atom. The molecule has 0 heterocycles. The van der Waals surface area contributed by atoms with Gasteiger partial charge in [-0.3, -0.25) is 25.2 Å². The van der Waals surface area contributed by atoms with Gasteiger partial charge in [0.1, 0.15) is 0 Å². The van der Waals surface area contributed by atoms with Gasteiger partial charge in [-0.25, -0.2) is 0 Å². The fourth-order valence-corrected chi connectivity index (χ4v) is 2.62. The number of nitrogens with one attached hydrogen (secondary N) is 3. The van der Waals surface area contributed by atoms with Gasteiger partial charge < -0.3 is 5.32 Å². The predicted octanol–water partition coefficient (Wildman–Crippen LogP) is 3.78. The predicted molar refractivity (Wildman–Crippen MR) is 110 cm³/mol. The van der Waals surface area contributed by atoms with Crippen LogP contribution in [-0.2, 0) is 0 Å². The van der Waals surface area contributed by atoms with E-state index in [4.69, 9.17) is 0 Å². The Morgan fingerprint density at radius 1 is 0.571 bits per heavy atom. The Hall–Kier alpha value is -3.45. The van der Waals surface area contributed by atoms with Crippen molar-refractivity contribution < 1.29 is 14.4 Å². The monoisotopic (exact) mass is 437 g/mol. The summed E-state index contributed by atoms with van der Waals surface area (Å²) in [5.74, 6) is -1.13. The van der Waals surface area contributed by atoms with Crippen LogP contribution < -0.4 is 16.2 Å². The third-order valence-electron chi connectivity index (χ3n) is 3.84. The van der Waals surface area contributed by atoms with E-state index in [1.807, 2.05) is 6.07 Å². The molecule has 3 aromatic rings. The van der Waals surface area contributed by atoms with Crippen molar-refractivity contribution in [2.75, 3.05) is 5.32 Å². The van der Waals surface area contributed by atoms with Crippen molar-refractivity contribution in [1.29, 1.82) is 0 Å². The van der Waals surface area contributed by atoms with E-state index in [1.54, 1.807) is 72.8 Å². The summed E-state index contributed by atoms with van der Waals surface area (Å²) in [6.07, 6.45) is 0. The number of rotatable bonds is 4. The third kappa shape index (κ3) is 5.05. The molecule has 0 bridgehead atoms. The van der Waals surface area contributed by atoms with Gasteiger partial charge in [-0.15, -0.1) is 0 Å². The summed E-state index contributed by atoms with van der Waals surface area (Å²) in [6, 6.07) is 21.9. The van der Waals surface area contributed by atoms with Crippen LogP contribution in [0.4, 0.5) is 5.69 Å². The molecule has 7 heteroatoms. The summed E-state index contributed by atoms with van der Waals surface area (Å²) >= 11 is 3.29. The van der Waals surface area contributed by atoms with Crippen molar-refractivity contribution in [2.45, 2.75) is 0 Å². The van der Waals surface area contributed by atoms with Gasteiger partial charge in [0.2, 0.25) is 0 Å². The number of halogens is 1. The van der Waals surface area contributed by atoms with Gasteiger partial charge >= 0.3 is 0 Å². The van der Waals surface area contributed by atoms with Gasteiger partial charge in [0.05, 0.1) is 0 Å². The molecule has 0 aromatic heterocycles. The lowest BCUT2D eigenvalue weighted by molar-refractivity contribution is 0.0846. The third-order valence-corrected chi connectivity index (χ3v) is 4.37. The Morgan fingerprint density at radius 3 is 1.57 bits per heavy atom. The number of hydrazine groups is 1. The van der Waals surface area contributed by atoms with E-state index in [1.165, 1.54) is 0 Å². The quantitative estimate of drug-likeness (QED) is 0.542. The fourth-order valence-electron chi connectivity index (χ4n) is 2.36. The Kier molecular flexibility index (Phi) is 6.18. The van der Waals surface area contributed by atoms with E-state index in [9.17, 15) is 14.4 Å². The molecular weight excluding hydrogens is 422 g/mol. The first-order valence-corrected chi connectivity index (χ1v) is 9.15. The van der Waals surface area contributed by atoms with Gasteiger partial charge in [0.25, 0.3) is 17.7 Å². The average Bonchev–Trinajstić information content (AvgIpc) is 2.73. The van der Waals surface area contributed by atoms with Crippen LogP contribution in [0.1, 0.15) is 31.1 Å². The van der Waals surface area contributed by atoms with Crippen molar-refractivity contribution in [3.05, 3.63) is 100 Å². The summed E-state index contributed by atoms with van der Waals surface area (Å²) in [6.45, 7) is 0. The lowest BCUT2D eigenvalue weighted by atomic mass is 10.1. The van der Waals surface area contributed by atoms with Crippen LogP contribution in [0.5, 0.6) is 0 Å². The van der Waals surface area contributed by atoms with Gasteiger partial charge in [0, 0.05) is 26.9 Å². The van der Waals surface area contributed by atoms with Crippen LogP contribution in [0.15, 0.2) is 83.3 Å². The van der Waals surface area contributed by atoms with Crippen molar-refractivity contribution in [2.24, 2.45) is 0 Å². The van der Waals surface area contributed by atoms with Gasteiger partial charge in [-0.2, -0.15) is 0 Å².